The van der Waals surface area contributed by atoms with Crippen molar-refractivity contribution in [1.29, 1.82) is 0 Å². The second-order valence-corrected chi connectivity index (χ2v) is 5.66. The Hall–Kier alpha value is -1.89. The topological polar surface area (TPSA) is 80.5 Å². The minimum absolute atomic E-state index is 0.0535. The van der Waals surface area contributed by atoms with Crippen LogP contribution in [0, 0.1) is 10.1 Å². The van der Waals surface area contributed by atoms with E-state index in [1.807, 2.05) is 0 Å². The van der Waals surface area contributed by atoms with E-state index >= 15 is 0 Å². The van der Waals surface area contributed by atoms with Crippen LogP contribution in [0.2, 0.25) is 0 Å². The average Bonchev–Trinajstić information content (AvgIpc) is 2.69. The van der Waals surface area contributed by atoms with Gasteiger partial charge in [0.05, 0.1) is 4.92 Å². The van der Waals surface area contributed by atoms with Crippen LogP contribution >= 0.6 is 11.8 Å². The third kappa shape index (κ3) is 2.93. The number of benzene rings is 1. The zero-order chi connectivity index (χ0) is 14.0. The summed E-state index contributed by atoms with van der Waals surface area (Å²) in [5, 5.41) is 10.8. The Morgan fingerprint density at radius 3 is 2.79 bits per heavy atom. The fraction of sp³-hybridized carbons (Fsp3) is 0.333. The highest BCUT2D eigenvalue weighted by Gasteiger charge is 2.34. The molecule has 0 aromatic heterocycles. The highest BCUT2D eigenvalue weighted by Crippen LogP contribution is 2.33. The number of thioether (sulfide) groups is 1. The molecule has 1 aliphatic heterocycles. The molecular formula is C12H12N2O4S. The smallest absolute Gasteiger partial charge is 0.292 e. The maximum atomic E-state index is 11.9. The zero-order valence-corrected chi connectivity index (χ0v) is 11.1. The Morgan fingerprint density at radius 2 is 2.16 bits per heavy atom. The second-order valence-electron chi connectivity index (χ2n) is 4.19. The molecule has 6 nitrogen and oxygen atoms in total. The first-order valence-corrected chi connectivity index (χ1v) is 6.58. The second kappa shape index (κ2) is 5.40. The van der Waals surface area contributed by atoms with Gasteiger partial charge in [0.15, 0.2) is 5.12 Å². The van der Waals surface area contributed by atoms with Crippen LogP contribution in [0.4, 0.5) is 11.4 Å². The predicted octanol–water partition coefficient (Wildman–Crippen LogP) is 1.98. The van der Waals surface area contributed by atoms with Gasteiger partial charge in [-0.25, -0.2) is 0 Å². The molecule has 0 saturated carbocycles. The van der Waals surface area contributed by atoms with E-state index in [1.54, 1.807) is 18.2 Å². The van der Waals surface area contributed by atoms with Crippen LogP contribution in [0.1, 0.15) is 13.3 Å². The maximum Gasteiger partial charge on any atom is 0.292 e. The van der Waals surface area contributed by atoms with Crippen molar-refractivity contribution in [3.8, 4) is 0 Å². The summed E-state index contributed by atoms with van der Waals surface area (Å²) in [6.07, 6.45) is 0.232. The lowest BCUT2D eigenvalue weighted by atomic mass is 10.2. The summed E-state index contributed by atoms with van der Waals surface area (Å²) in [7, 11) is 0. The van der Waals surface area contributed by atoms with Crippen LogP contribution < -0.4 is 4.90 Å². The number of carbonyl (C=O) groups is 2. The van der Waals surface area contributed by atoms with Crippen molar-refractivity contribution in [2.45, 2.75) is 18.6 Å². The van der Waals surface area contributed by atoms with Crippen LogP contribution in [0.3, 0.4) is 0 Å². The van der Waals surface area contributed by atoms with Crippen molar-refractivity contribution in [3.05, 3.63) is 34.4 Å². The van der Waals surface area contributed by atoms with Gasteiger partial charge in [-0.2, -0.15) is 0 Å². The molecule has 1 aromatic rings. The predicted molar refractivity (Wildman–Crippen MR) is 72.1 cm³/mol. The summed E-state index contributed by atoms with van der Waals surface area (Å²) < 4.78 is 0. The Balaban J connectivity index is 2.26. The molecule has 1 amide bonds. The molecule has 7 heteroatoms. The fourth-order valence-corrected chi connectivity index (χ4v) is 2.99. The van der Waals surface area contributed by atoms with E-state index in [0.717, 1.165) is 11.8 Å². The highest BCUT2D eigenvalue weighted by atomic mass is 32.2. The number of hydrogen-bond acceptors (Lipinski definition) is 5. The van der Waals surface area contributed by atoms with E-state index in [-0.39, 0.29) is 28.4 Å². The lowest BCUT2D eigenvalue weighted by molar-refractivity contribution is -0.384. The van der Waals surface area contributed by atoms with Crippen molar-refractivity contribution in [2.75, 3.05) is 11.4 Å². The fourth-order valence-electron chi connectivity index (χ4n) is 2.07. The lowest BCUT2D eigenvalue weighted by Crippen LogP contribution is -2.25. The Labute approximate surface area is 113 Å². The van der Waals surface area contributed by atoms with Gasteiger partial charge in [-0.15, -0.1) is 0 Å². The van der Waals surface area contributed by atoms with Crippen molar-refractivity contribution in [1.82, 2.24) is 0 Å². The SMILES string of the molecule is CC(=O)SC1CC(=O)N(c2ccccc2[N+](=O)[O-])C1. The Morgan fingerprint density at radius 1 is 1.47 bits per heavy atom. The monoisotopic (exact) mass is 280 g/mol. The van der Waals surface area contributed by atoms with E-state index in [0.29, 0.717) is 12.2 Å². The molecule has 0 spiro atoms. The van der Waals surface area contributed by atoms with Crippen LogP contribution in [-0.4, -0.2) is 27.7 Å². The van der Waals surface area contributed by atoms with Gasteiger partial charge in [-0.1, -0.05) is 23.9 Å². The van der Waals surface area contributed by atoms with Crippen molar-refractivity contribution >= 4 is 34.2 Å². The largest absolute Gasteiger partial charge is 0.305 e. The number of amides is 1. The number of hydrogen-bond donors (Lipinski definition) is 0. The zero-order valence-electron chi connectivity index (χ0n) is 10.2. The summed E-state index contributed by atoms with van der Waals surface area (Å²) in [6, 6.07) is 6.13. The van der Waals surface area contributed by atoms with E-state index < -0.39 is 4.92 Å². The van der Waals surface area contributed by atoms with Gasteiger partial charge >= 0.3 is 0 Å². The summed E-state index contributed by atoms with van der Waals surface area (Å²) >= 11 is 1.11. The third-order valence-electron chi connectivity index (χ3n) is 2.79. The molecule has 1 atom stereocenters. The Kier molecular flexibility index (Phi) is 3.84. The first kappa shape index (κ1) is 13.5. The molecule has 1 fully saturated rings. The quantitative estimate of drug-likeness (QED) is 0.624. The summed E-state index contributed by atoms with van der Waals surface area (Å²) in [5.74, 6) is -0.187. The number of carbonyl (C=O) groups excluding carboxylic acids is 2. The Bertz CT molecular complexity index is 546. The van der Waals surface area contributed by atoms with Gasteiger partial charge in [-0.05, 0) is 6.07 Å². The van der Waals surface area contributed by atoms with Gasteiger partial charge in [0.2, 0.25) is 5.91 Å². The third-order valence-corrected chi connectivity index (χ3v) is 3.77. The minimum Gasteiger partial charge on any atom is -0.305 e. The first-order valence-electron chi connectivity index (χ1n) is 5.70. The lowest BCUT2D eigenvalue weighted by Gasteiger charge is -2.16. The maximum absolute atomic E-state index is 11.9. The number of para-hydroxylation sites is 2. The summed E-state index contributed by atoms with van der Waals surface area (Å²) in [5.41, 5.74) is 0.202. The summed E-state index contributed by atoms with van der Waals surface area (Å²) in [6.45, 7) is 1.77. The van der Waals surface area contributed by atoms with Crippen LogP contribution in [0.15, 0.2) is 24.3 Å². The van der Waals surface area contributed by atoms with E-state index in [9.17, 15) is 19.7 Å². The molecular weight excluding hydrogens is 268 g/mol. The molecule has 100 valence electrons. The number of nitrogens with zero attached hydrogens (tertiary/aromatic N) is 2. The molecule has 0 bridgehead atoms. The standard InChI is InChI=1S/C12H12N2O4S/c1-8(15)19-9-6-12(16)13(7-9)10-4-2-3-5-11(10)14(17)18/h2-5,9H,6-7H2,1H3. The number of nitro benzene ring substituents is 1. The number of nitro groups is 1. The average molecular weight is 280 g/mol. The normalized spacial score (nSPS) is 18.7. The van der Waals surface area contributed by atoms with Gasteiger partial charge in [-0.3, -0.25) is 19.7 Å². The van der Waals surface area contributed by atoms with E-state index in [4.69, 9.17) is 0 Å². The molecule has 0 radical (unpaired) electrons. The molecule has 1 aliphatic rings. The van der Waals surface area contributed by atoms with Gasteiger partial charge < -0.3 is 4.90 Å². The van der Waals surface area contributed by atoms with Crippen molar-refractivity contribution < 1.29 is 14.5 Å². The molecule has 2 rings (SSSR count). The van der Waals surface area contributed by atoms with Gasteiger partial charge in [0.1, 0.15) is 5.69 Å². The molecule has 19 heavy (non-hydrogen) atoms. The molecule has 0 N–H and O–H groups in total. The van der Waals surface area contributed by atoms with Gasteiger partial charge in [0, 0.05) is 31.2 Å². The van der Waals surface area contributed by atoms with Crippen LogP contribution in [0.5, 0.6) is 0 Å². The van der Waals surface area contributed by atoms with Crippen molar-refractivity contribution in [2.24, 2.45) is 0 Å². The molecule has 1 heterocycles. The van der Waals surface area contributed by atoms with Crippen LogP contribution in [-0.2, 0) is 9.59 Å². The molecule has 1 aromatic carbocycles. The number of anilines is 1. The first-order chi connectivity index (χ1) is 8.99. The van der Waals surface area contributed by atoms with Crippen LogP contribution in [0.25, 0.3) is 0 Å². The van der Waals surface area contributed by atoms with E-state index in [2.05, 4.69) is 0 Å². The summed E-state index contributed by atoms with van der Waals surface area (Å²) in [4.78, 5) is 34.8. The molecule has 0 aliphatic carbocycles. The highest BCUT2D eigenvalue weighted by molar-refractivity contribution is 8.14. The van der Waals surface area contributed by atoms with Crippen molar-refractivity contribution in [3.63, 3.8) is 0 Å². The minimum atomic E-state index is -0.506. The molecule has 1 unspecified atom stereocenters. The van der Waals surface area contributed by atoms with Gasteiger partial charge in [0.25, 0.3) is 5.69 Å². The molecule has 1 saturated heterocycles. The number of rotatable bonds is 3. The van der Waals surface area contributed by atoms with E-state index in [1.165, 1.54) is 17.9 Å².